The number of nitrogens with one attached hydrogen (secondary N) is 1. The minimum atomic E-state index is -0.602. The number of anilines is 1. The Labute approximate surface area is 124 Å². The van der Waals surface area contributed by atoms with E-state index in [1.165, 1.54) is 18.2 Å². The van der Waals surface area contributed by atoms with Gasteiger partial charge in [0, 0.05) is 17.8 Å². The highest BCUT2D eigenvalue weighted by Crippen LogP contribution is 2.20. The van der Waals surface area contributed by atoms with Crippen LogP contribution in [0.2, 0.25) is 5.02 Å². The molecule has 0 bridgehead atoms. The first kappa shape index (κ1) is 15.1. The number of amidine groups is 1. The van der Waals surface area contributed by atoms with Crippen molar-refractivity contribution in [1.29, 1.82) is 0 Å². The highest BCUT2D eigenvalue weighted by atomic mass is 35.5. The molecule has 0 amide bonds. The molecule has 21 heavy (non-hydrogen) atoms. The fraction of sp³-hybridized carbons (Fsp3) is 0.0714. The van der Waals surface area contributed by atoms with E-state index >= 15 is 0 Å². The molecule has 0 aliphatic carbocycles. The van der Waals surface area contributed by atoms with Crippen LogP contribution in [0.4, 0.5) is 14.5 Å². The van der Waals surface area contributed by atoms with E-state index in [0.29, 0.717) is 11.3 Å². The topological polar surface area (TPSA) is 70.6 Å². The highest BCUT2D eigenvalue weighted by Gasteiger charge is 2.11. The van der Waals surface area contributed by atoms with Gasteiger partial charge in [-0.25, -0.2) is 8.78 Å². The van der Waals surface area contributed by atoms with Gasteiger partial charge in [0.05, 0.1) is 10.6 Å². The van der Waals surface area contributed by atoms with E-state index in [-0.39, 0.29) is 23.0 Å². The largest absolute Gasteiger partial charge is 0.409 e. The molecule has 2 rings (SSSR count). The molecule has 0 heterocycles. The van der Waals surface area contributed by atoms with Crippen molar-refractivity contribution in [2.45, 2.75) is 6.54 Å². The van der Waals surface area contributed by atoms with Gasteiger partial charge in [0.25, 0.3) is 0 Å². The van der Waals surface area contributed by atoms with Crippen LogP contribution in [0.1, 0.15) is 11.1 Å². The second-order valence-corrected chi connectivity index (χ2v) is 4.65. The number of benzene rings is 2. The Kier molecular flexibility index (Phi) is 4.59. The molecule has 0 atom stereocenters. The number of nitrogens with two attached hydrogens (primary N) is 1. The molecule has 0 aliphatic heterocycles. The maximum absolute atomic E-state index is 14.1. The predicted molar refractivity (Wildman–Crippen MR) is 77.6 cm³/mol. The predicted octanol–water partition coefficient (Wildman–Crippen LogP) is 3.32. The van der Waals surface area contributed by atoms with Crippen LogP contribution < -0.4 is 11.1 Å². The molecule has 0 spiro atoms. The van der Waals surface area contributed by atoms with E-state index in [1.807, 2.05) is 0 Å². The zero-order chi connectivity index (χ0) is 15.4. The molecule has 0 radical (unpaired) electrons. The molecule has 0 fully saturated rings. The van der Waals surface area contributed by atoms with E-state index in [4.69, 9.17) is 22.5 Å². The van der Waals surface area contributed by atoms with Crippen molar-refractivity contribution in [2.75, 3.05) is 5.32 Å². The van der Waals surface area contributed by atoms with Gasteiger partial charge < -0.3 is 16.3 Å². The van der Waals surface area contributed by atoms with Crippen LogP contribution in [-0.2, 0) is 6.54 Å². The van der Waals surface area contributed by atoms with Crippen LogP contribution in [0.25, 0.3) is 0 Å². The number of rotatable bonds is 4. The average molecular weight is 312 g/mol. The Morgan fingerprint density at radius 3 is 2.71 bits per heavy atom. The van der Waals surface area contributed by atoms with Crippen LogP contribution in [-0.4, -0.2) is 11.0 Å². The molecule has 4 nitrogen and oxygen atoms in total. The first-order valence-electron chi connectivity index (χ1n) is 5.97. The van der Waals surface area contributed by atoms with Crippen LogP contribution in [0.15, 0.2) is 41.6 Å². The zero-order valence-electron chi connectivity index (χ0n) is 10.8. The second-order valence-electron chi connectivity index (χ2n) is 4.25. The molecule has 0 saturated heterocycles. The van der Waals surface area contributed by atoms with Crippen molar-refractivity contribution >= 4 is 23.1 Å². The number of halogens is 3. The second kappa shape index (κ2) is 6.41. The molecule has 7 heteroatoms. The van der Waals surface area contributed by atoms with Gasteiger partial charge in [-0.05, 0) is 24.3 Å². The van der Waals surface area contributed by atoms with Crippen molar-refractivity contribution in [3.05, 3.63) is 64.2 Å². The molecule has 2 aromatic rings. The van der Waals surface area contributed by atoms with Crippen LogP contribution >= 0.6 is 11.6 Å². The Balaban J connectivity index is 2.18. The first-order chi connectivity index (χ1) is 10.0. The third-order valence-electron chi connectivity index (χ3n) is 2.86. The summed E-state index contributed by atoms with van der Waals surface area (Å²) < 4.78 is 27.4. The maximum atomic E-state index is 14.1. The minimum Gasteiger partial charge on any atom is -0.409 e. The Hall–Kier alpha value is -2.34. The summed E-state index contributed by atoms with van der Waals surface area (Å²) in [6.07, 6.45) is 0. The number of oxime groups is 1. The minimum absolute atomic E-state index is 0.000846. The van der Waals surface area contributed by atoms with E-state index in [1.54, 1.807) is 18.2 Å². The summed E-state index contributed by atoms with van der Waals surface area (Å²) in [5, 5.41) is 14.3. The summed E-state index contributed by atoms with van der Waals surface area (Å²) in [7, 11) is 0. The van der Waals surface area contributed by atoms with Gasteiger partial charge in [-0.1, -0.05) is 28.9 Å². The normalized spacial score (nSPS) is 11.5. The monoisotopic (exact) mass is 311 g/mol. The Morgan fingerprint density at radius 2 is 2.05 bits per heavy atom. The van der Waals surface area contributed by atoms with Crippen molar-refractivity contribution in [3.63, 3.8) is 0 Å². The van der Waals surface area contributed by atoms with E-state index < -0.39 is 11.6 Å². The molecule has 0 unspecified atom stereocenters. The van der Waals surface area contributed by atoms with Gasteiger partial charge in [0.1, 0.15) is 11.6 Å². The van der Waals surface area contributed by atoms with Gasteiger partial charge in [0.2, 0.25) is 0 Å². The lowest BCUT2D eigenvalue weighted by Gasteiger charge is -2.10. The lowest BCUT2D eigenvalue weighted by Crippen LogP contribution is -2.16. The SMILES string of the molecule is N/C(=N/O)c1cccc(CNc2ccc(Cl)c(F)c2)c1F. The van der Waals surface area contributed by atoms with Gasteiger partial charge >= 0.3 is 0 Å². The van der Waals surface area contributed by atoms with E-state index in [0.717, 1.165) is 0 Å². The standard InChI is InChI=1S/C14H12ClF2N3O/c15-11-5-4-9(6-12(11)16)19-7-8-2-1-3-10(13(8)17)14(18)20-21/h1-6,19,21H,7H2,(H2,18,20). The summed E-state index contributed by atoms with van der Waals surface area (Å²) in [6, 6.07) is 8.72. The smallest absolute Gasteiger partial charge is 0.173 e. The Morgan fingerprint density at radius 1 is 1.29 bits per heavy atom. The quantitative estimate of drug-likeness (QED) is 0.351. The number of hydrogen-bond donors (Lipinski definition) is 3. The van der Waals surface area contributed by atoms with Gasteiger partial charge in [0.15, 0.2) is 5.84 Å². The number of hydrogen-bond acceptors (Lipinski definition) is 3. The molecule has 110 valence electrons. The Bertz CT molecular complexity index is 692. The van der Waals surface area contributed by atoms with Crippen LogP contribution in [0.5, 0.6) is 0 Å². The fourth-order valence-electron chi connectivity index (χ4n) is 1.77. The average Bonchev–Trinajstić information content (AvgIpc) is 2.49. The molecule has 4 N–H and O–H groups in total. The van der Waals surface area contributed by atoms with Crippen molar-refractivity contribution in [3.8, 4) is 0 Å². The summed E-state index contributed by atoms with van der Waals surface area (Å²) in [6.45, 7) is 0.111. The first-order valence-corrected chi connectivity index (χ1v) is 6.35. The molecular formula is C14H12ClF2N3O. The summed E-state index contributed by atoms with van der Waals surface area (Å²) in [5.41, 5.74) is 6.15. The molecular weight excluding hydrogens is 300 g/mol. The summed E-state index contributed by atoms with van der Waals surface area (Å²) >= 11 is 5.58. The van der Waals surface area contributed by atoms with Crippen molar-refractivity contribution in [2.24, 2.45) is 10.9 Å². The molecule has 2 aromatic carbocycles. The molecule has 0 aromatic heterocycles. The molecule has 0 saturated carbocycles. The van der Waals surface area contributed by atoms with Crippen molar-refractivity contribution in [1.82, 2.24) is 0 Å². The lowest BCUT2D eigenvalue weighted by molar-refractivity contribution is 0.318. The fourth-order valence-corrected chi connectivity index (χ4v) is 1.89. The van der Waals surface area contributed by atoms with E-state index in [2.05, 4.69) is 10.5 Å². The van der Waals surface area contributed by atoms with Gasteiger partial charge in [-0.2, -0.15) is 0 Å². The van der Waals surface area contributed by atoms with Crippen LogP contribution in [0.3, 0.4) is 0 Å². The third-order valence-corrected chi connectivity index (χ3v) is 3.17. The van der Waals surface area contributed by atoms with Crippen molar-refractivity contribution < 1.29 is 14.0 Å². The maximum Gasteiger partial charge on any atom is 0.173 e. The van der Waals surface area contributed by atoms with Gasteiger partial charge in [-0.3, -0.25) is 0 Å². The van der Waals surface area contributed by atoms with E-state index in [9.17, 15) is 8.78 Å². The molecule has 0 aliphatic rings. The van der Waals surface area contributed by atoms with Gasteiger partial charge in [-0.15, -0.1) is 0 Å². The number of nitrogens with zero attached hydrogens (tertiary/aromatic N) is 1. The highest BCUT2D eigenvalue weighted by molar-refractivity contribution is 6.30. The third kappa shape index (κ3) is 3.41. The summed E-state index contributed by atoms with van der Waals surface area (Å²) in [5.74, 6) is -1.48. The zero-order valence-corrected chi connectivity index (χ0v) is 11.5. The lowest BCUT2D eigenvalue weighted by atomic mass is 10.1. The summed E-state index contributed by atoms with van der Waals surface area (Å²) in [4.78, 5) is 0. The van der Waals surface area contributed by atoms with Crippen LogP contribution in [0, 0.1) is 11.6 Å².